The smallest absolute Gasteiger partial charge is 0.298 e. The molecule has 0 saturated carbocycles. The predicted molar refractivity (Wildman–Crippen MR) is 72.0 cm³/mol. The summed E-state index contributed by atoms with van der Waals surface area (Å²) in [7, 11) is 1.64. The lowest BCUT2D eigenvalue weighted by Crippen LogP contribution is -1.96. The van der Waals surface area contributed by atoms with Gasteiger partial charge in [0.1, 0.15) is 11.6 Å². The average Bonchev–Trinajstić information content (AvgIpc) is 2.72. The SMILES string of the molecule is COCCc1nsc(Oc2cc(Cl)cc(Cl)c2)n1. The molecule has 0 aliphatic carbocycles. The highest BCUT2D eigenvalue weighted by Gasteiger charge is 2.07. The Hall–Kier alpha value is -0.880. The molecule has 1 aromatic carbocycles. The molecule has 0 aliphatic heterocycles. The zero-order valence-electron chi connectivity index (χ0n) is 9.52. The lowest BCUT2D eigenvalue weighted by molar-refractivity contribution is 0.200. The van der Waals surface area contributed by atoms with E-state index in [1.807, 2.05) is 0 Å². The Kier molecular flexibility index (Phi) is 4.77. The molecule has 0 atom stereocenters. The van der Waals surface area contributed by atoms with Crippen LogP contribution in [-0.2, 0) is 11.2 Å². The maximum absolute atomic E-state index is 5.88. The van der Waals surface area contributed by atoms with Crippen molar-refractivity contribution in [3.8, 4) is 10.9 Å². The monoisotopic (exact) mass is 304 g/mol. The van der Waals surface area contributed by atoms with Gasteiger partial charge in [-0.25, -0.2) is 0 Å². The molecule has 2 aromatic rings. The van der Waals surface area contributed by atoms with Crippen LogP contribution in [0.5, 0.6) is 10.9 Å². The van der Waals surface area contributed by atoms with Crippen molar-refractivity contribution in [3.63, 3.8) is 0 Å². The van der Waals surface area contributed by atoms with Crippen LogP contribution in [0.15, 0.2) is 18.2 Å². The zero-order chi connectivity index (χ0) is 13.0. The van der Waals surface area contributed by atoms with Crippen LogP contribution in [-0.4, -0.2) is 23.1 Å². The topological polar surface area (TPSA) is 44.2 Å². The van der Waals surface area contributed by atoms with E-state index in [0.717, 1.165) is 0 Å². The molecule has 1 aromatic heterocycles. The minimum atomic E-state index is 0.458. The van der Waals surface area contributed by atoms with E-state index in [9.17, 15) is 0 Å². The van der Waals surface area contributed by atoms with Crippen molar-refractivity contribution in [2.45, 2.75) is 6.42 Å². The number of methoxy groups -OCH3 is 1. The first-order valence-corrected chi connectivity index (χ1v) is 6.66. The Morgan fingerprint density at radius 3 is 2.61 bits per heavy atom. The van der Waals surface area contributed by atoms with Crippen LogP contribution in [0.3, 0.4) is 0 Å². The molecule has 7 heteroatoms. The molecule has 2 rings (SSSR count). The lowest BCUT2D eigenvalue weighted by atomic mass is 10.3. The number of rotatable bonds is 5. The van der Waals surface area contributed by atoms with Crippen molar-refractivity contribution in [3.05, 3.63) is 34.1 Å². The second-order valence-corrected chi connectivity index (χ2v) is 5.01. The normalized spacial score (nSPS) is 10.6. The fraction of sp³-hybridized carbons (Fsp3) is 0.273. The molecule has 0 fully saturated rings. The number of nitrogens with zero attached hydrogens (tertiary/aromatic N) is 2. The van der Waals surface area contributed by atoms with Gasteiger partial charge in [-0.2, -0.15) is 9.36 Å². The van der Waals surface area contributed by atoms with Crippen LogP contribution in [0.4, 0.5) is 0 Å². The number of benzene rings is 1. The largest absolute Gasteiger partial charge is 0.430 e. The first-order valence-electron chi connectivity index (χ1n) is 5.13. The first kappa shape index (κ1) is 13.5. The minimum absolute atomic E-state index is 0.458. The number of hydrogen-bond donors (Lipinski definition) is 0. The molecule has 96 valence electrons. The van der Waals surface area contributed by atoms with E-state index in [2.05, 4.69) is 9.36 Å². The Morgan fingerprint density at radius 2 is 1.94 bits per heavy atom. The van der Waals surface area contributed by atoms with Gasteiger partial charge in [0.2, 0.25) is 0 Å². The molecular formula is C11H10Cl2N2O2S. The second kappa shape index (κ2) is 6.33. The fourth-order valence-corrected chi connectivity index (χ4v) is 2.36. The highest BCUT2D eigenvalue weighted by atomic mass is 35.5. The van der Waals surface area contributed by atoms with Gasteiger partial charge in [0.15, 0.2) is 0 Å². The molecule has 0 bridgehead atoms. The molecule has 1 heterocycles. The zero-order valence-corrected chi connectivity index (χ0v) is 11.8. The third kappa shape index (κ3) is 3.81. The predicted octanol–water partition coefficient (Wildman–Crippen LogP) is 3.83. The van der Waals surface area contributed by atoms with Gasteiger partial charge in [-0.15, -0.1) is 0 Å². The molecule has 0 spiro atoms. The summed E-state index contributed by atoms with van der Waals surface area (Å²) in [5.41, 5.74) is 0. The van der Waals surface area contributed by atoms with Gasteiger partial charge in [0, 0.05) is 35.1 Å². The molecule has 0 N–H and O–H groups in total. The molecule has 0 radical (unpaired) electrons. The Morgan fingerprint density at radius 1 is 1.22 bits per heavy atom. The van der Waals surface area contributed by atoms with Gasteiger partial charge in [0.05, 0.1) is 6.61 Å². The van der Waals surface area contributed by atoms with Gasteiger partial charge in [-0.05, 0) is 18.2 Å². The third-order valence-corrected chi connectivity index (χ3v) is 3.09. The van der Waals surface area contributed by atoms with E-state index in [4.69, 9.17) is 32.7 Å². The van der Waals surface area contributed by atoms with Gasteiger partial charge in [-0.1, -0.05) is 23.2 Å². The number of ether oxygens (including phenoxy) is 2. The van der Waals surface area contributed by atoms with Crippen molar-refractivity contribution in [1.29, 1.82) is 0 Å². The summed E-state index contributed by atoms with van der Waals surface area (Å²) in [5.74, 6) is 1.24. The van der Waals surface area contributed by atoms with E-state index in [-0.39, 0.29) is 0 Å². The van der Waals surface area contributed by atoms with E-state index in [0.29, 0.717) is 39.8 Å². The number of hydrogen-bond acceptors (Lipinski definition) is 5. The van der Waals surface area contributed by atoms with E-state index >= 15 is 0 Å². The molecule has 18 heavy (non-hydrogen) atoms. The lowest BCUT2D eigenvalue weighted by Gasteiger charge is -2.02. The van der Waals surface area contributed by atoms with Crippen LogP contribution < -0.4 is 4.74 Å². The second-order valence-electron chi connectivity index (χ2n) is 3.43. The van der Waals surface area contributed by atoms with Crippen molar-refractivity contribution < 1.29 is 9.47 Å². The molecular weight excluding hydrogens is 295 g/mol. The minimum Gasteiger partial charge on any atom is -0.430 e. The van der Waals surface area contributed by atoms with E-state index in [1.165, 1.54) is 11.5 Å². The van der Waals surface area contributed by atoms with Crippen LogP contribution >= 0.6 is 34.7 Å². The number of halogens is 2. The standard InChI is InChI=1S/C11H10Cl2N2O2S/c1-16-3-2-10-14-11(18-15-10)17-9-5-7(12)4-8(13)6-9/h4-6H,2-3H2,1H3. The highest BCUT2D eigenvalue weighted by molar-refractivity contribution is 7.07. The molecule has 0 aliphatic rings. The molecule has 0 saturated heterocycles. The van der Waals surface area contributed by atoms with Crippen LogP contribution in [0.1, 0.15) is 5.82 Å². The van der Waals surface area contributed by atoms with Gasteiger partial charge in [0.25, 0.3) is 5.19 Å². The summed E-state index contributed by atoms with van der Waals surface area (Å²) in [6.07, 6.45) is 0.659. The van der Waals surface area contributed by atoms with Crippen LogP contribution in [0.25, 0.3) is 0 Å². The van der Waals surface area contributed by atoms with E-state index < -0.39 is 0 Å². The summed E-state index contributed by atoms with van der Waals surface area (Å²) >= 11 is 12.9. The van der Waals surface area contributed by atoms with Crippen molar-refractivity contribution in [2.24, 2.45) is 0 Å². The van der Waals surface area contributed by atoms with Crippen molar-refractivity contribution >= 4 is 34.7 Å². The third-order valence-electron chi connectivity index (χ3n) is 2.02. The first-order chi connectivity index (χ1) is 8.67. The maximum Gasteiger partial charge on any atom is 0.298 e. The molecule has 4 nitrogen and oxygen atoms in total. The summed E-state index contributed by atoms with van der Waals surface area (Å²) in [4.78, 5) is 4.22. The summed E-state index contributed by atoms with van der Waals surface area (Å²) < 4.78 is 14.6. The fourth-order valence-electron chi connectivity index (χ4n) is 1.26. The Bertz CT molecular complexity index is 513. The Labute approximate surface area is 119 Å². The average molecular weight is 305 g/mol. The summed E-state index contributed by atoms with van der Waals surface area (Å²) in [6.45, 7) is 0.583. The van der Waals surface area contributed by atoms with E-state index in [1.54, 1.807) is 25.3 Å². The quantitative estimate of drug-likeness (QED) is 0.842. The van der Waals surface area contributed by atoms with Gasteiger partial charge < -0.3 is 9.47 Å². The van der Waals surface area contributed by atoms with Gasteiger partial charge in [-0.3, -0.25) is 0 Å². The van der Waals surface area contributed by atoms with Crippen molar-refractivity contribution in [1.82, 2.24) is 9.36 Å². The molecule has 0 unspecified atom stereocenters. The maximum atomic E-state index is 5.88. The number of aromatic nitrogens is 2. The Balaban J connectivity index is 2.06. The van der Waals surface area contributed by atoms with Crippen molar-refractivity contribution in [2.75, 3.05) is 13.7 Å². The van der Waals surface area contributed by atoms with Crippen LogP contribution in [0, 0.1) is 0 Å². The summed E-state index contributed by atoms with van der Waals surface area (Å²) in [6, 6.07) is 4.98. The van der Waals surface area contributed by atoms with Crippen LogP contribution in [0.2, 0.25) is 10.0 Å². The highest BCUT2D eigenvalue weighted by Crippen LogP contribution is 2.29. The molecule has 0 amide bonds. The summed E-state index contributed by atoms with van der Waals surface area (Å²) in [5, 5.41) is 1.49. The van der Waals surface area contributed by atoms with Gasteiger partial charge >= 0.3 is 0 Å².